The van der Waals surface area contributed by atoms with Gasteiger partial charge in [0.1, 0.15) is 11.6 Å². The first-order valence-electron chi connectivity index (χ1n) is 5.40. The summed E-state index contributed by atoms with van der Waals surface area (Å²) in [5.74, 6) is 1.90. The van der Waals surface area contributed by atoms with Gasteiger partial charge in [0.05, 0.1) is 0 Å². The number of piperazine rings is 1. The van der Waals surface area contributed by atoms with Crippen LogP contribution in [0.5, 0.6) is 0 Å². The molecule has 0 saturated carbocycles. The Kier molecular flexibility index (Phi) is 3.84. The van der Waals surface area contributed by atoms with E-state index in [1.165, 1.54) is 0 Å². The fourth-order valence-corrected chi connectivity index (χ4v) is 2.06. The first-order valence-corrected chi connectivity index (χ1v) is 6.62. The first kappa shape index (κ1) is 11.5. The molecule has 1 aliphatic heterocycles. The van der Waals surface area contributed by atoms with Gasteiger partial charge in [-0.2, -0.15) is 0 Å². The summed E-state index contributed by atoms with van der Waals surface area (Å²) in [6.45, 7) is 4.06. The topological polar surface area (TPSA) is 53.1 Å². The third-order valence-electron chi connectivity index (χ3n) is 2.57. The maximum Gasteiger partial charge on any atom is 0.191 e. The zero-order chi connectivity index (χ0) is 11.4. The van der Waals surface area contributed by atoms with Gasteiger partial charge in [-0.25, -0.2) is 9.97 Å². The van der Waals surface area contributed by atoms with Crippen LogP contribution in [0, 0.1) is 0 Å². The van der Waals surface area contributed by atoms with Crippen LogP contribution in [0.25, 0.3) is 0 Å². The van der Waals surface area contributed by atoms with E-state index in [4.69, 9.17) is 0 Å². The van der Waals surface area contributed by atoms with Crippen LogP contribution >= 0.6 is 11.8 Å². The van der Waals surface area contributed by atoms with Gasteiger partial charge in [-0.3, -0.25) is 0 Å². The monoisotopic (exact) mass is 239 g/mol. The lowest BCUT2D eigenvalue weighted by Crippen LogP contribution is -2.44. The molecule has 2 rings (SSSR count). The van der Waals surface area contributed by atoms with Crippen LogP contribution < -0.4 is 15.5 Å². The molecule has 0 unspecified atom stereocenters. The molecule has 1 saturated heterocycles. The Morgan fingerprint density at radius 3 is 2.75 bits per heavy atom. The first-order chi connectivity index (χ1) is 7.83. The minimum Gasteiger partial charge on any atom is -0.373 e. The number of nitrogens with zero attached hydrogens (tertiary/aromatic N) is 3. The Morgan fingerprint density at radius 1 is 1.38 bits per heavy atom. The van der Waals surface area contributed by atoms with E-state index in [9.17, 15) is 0 Å². The average molecular weight is 239 g/mol. The normalized spacial score (nSPS) is 16.2. The second kappa shape index (κ2) is 5.36. The van der Waals surface area contributed by atoms with Crippen LogP contribution in [0.1, 0.15) is 0 Å². The van der Waals surface area contributed by atoms with Gasteiger partial charge in [-0.15, -0.1) is 0 Å². The Morgan fingerprint density at radius 2 is 2.12 bits per heavy atom. The number of hydrogen-bond acceptors (Lipinski definition) is 6. The van der Waals surface area contributed by atoms with Crippen molar-refractivity contribution in [2.45, 2.75) is 5.16 Å². The maximum atomic E-state index is 4.53. The molecular weight excluding hydrogens is 222 g/mol. The van der Waals surface area contributed by atoms with E-state index in [-0.39, 0.29) is 0 Å². The molecule has 2 N–H and O–H groups in total. The van der Waals surface area contributed by atoms with Crippen molar-refractivity contribution in [1.82, 2.24) is 15.3 Å². The van der Waals surface area contributed by atoms with Crippen molar-refractivity contribution in [3.63, 3.8) is 0 Å². The molecule has 0 aliphatic carbocycles. The van der Waals surface area contributed by atoms with Gasteiger partial charge in [0, 0.05) is 39.3 Å². The zero-order valence-corrected chi connectivity index (χ0v) is 10.5. The number of aromatic nitrogens is 2. The number of thioether (sulfide) groups is 1. The highest BCUT2D eigenvalue weighted by molar-refractivity contribution is 7.98. The summed E-state index contributed by atoms with van der Waals surface area (Å²) < 4.78 is 0. The molecule has 6 heteroatoms. The van der Waals surface area contributed by atoms with E-state index in [2.05, 4.69) is 25.5 Å². The molecule has 88 valence electrons. The fourth-order valence-electron chi connectivity index (χ4n) is 1.69. The molecule has 1 aliphatic rings. The highest BCUT2D eigenvalue weighted by atomic mass is 32.2. The standard InChI is InChI=1S/C10H17N5S/c1-11-8-7-9(14-10(13-8)16-2)15-5-3-12-4-6-15/h7,12H,3-6H2,1-2H3,(H,11,13,14). The maximum absolute atomic E-state index is 4.53. The Bertz CT molecular complexity index is 329. The second-order valence-corrected chi connectivity index (χ2v) is 4.36. The lowest BCUT2D eigenvalue weighted by molar-refractivity contribution is 0.583. The molecule has 1 fully saturated rings. The van der Waals surface area contributed by atoms with E-state index in [0.717, 1.165) is 43.0 Å². The number of nitrogens with one attached hydrogen (secondary N) is 2. The van der Waals surface area contributed by atoms with Gasteiger partial charge in [0.2, 0.25) is 0 Å². The van der Waals surface area contributed by atoms with Crippen LogP contribution in [-0.4, -0.2) is 49.5 Å². The molecule has 0 radical (unpaired) electrons. The quantitative estimate of drug-likeness (QED) is 0.597. The SMILES string of the molecule is CNc1cc(N2CCNCC2)nc(SC)n1. The number of anilines is 2. The van der Waals surface area contributed by atoms with Gasteiger partial charge in [0.25, 0.3) is 0 Å². The van der Waals surface area contributed by atoms with Crippen LogP contribution in [-0.2, 0) is 0 Å². The van der Waals surface area contributed by atoms with E-state index < -0.39 is 0 Å². The van der Waals surface area contributed by atoms with Gasteiger partial charge < -0.3 is 15.5 Å². The Balaban J connectivity index is 2.24. The third kappa shape index (κ3) is 2.56. The van der Waals surface area contributed by atoms with Crippen molar-refractivity contribution in [1.29, 1.82) is 0 Å². The third-order valence-corrected chi connectivity index (χ3v) is 3.12. The molecule has 0 amide bonds. The lowest BCUT2D eigenvalue weighted by Gasteiger charge is -2.28. The minimum absolute atomic E-state index is 0.820. The van der Waals surface area contributed by atoms with Crippen molar-refractivity contribution in [2.75, 3.05) is 49.7 Å². The van der Waals surface area contributed by atoms with E-state index in [0.29, 0.717) is 0 Å². The number of hydrogen-bond donors (Lipinski definition) is 2. The average Bonchev–Trinajstić information content (AvgIpc) is 2.39. The largest absolute Gasteiger partial charge is 0.373 e. The number of rotatable bonds is 3. The van der Waals surface area contributed by atoms with Gasteiger partial charge in [-0.1, -0.05) is 11.8 Å². The highest BCUT2D eigenvalue weighted by Gasteiger charge is 2.13. The Labute approximate surface area is 100 Å². The highest BCUT2D eigenvalue weighted by Crippen LogP contribution is 2.20. The second-order valence-electron chi connectivity index (χ2n) is 3.59. The smallest absolute Gasteiger partial charge is 0.191 e. The van der Waals surface area contributed by atoms with Crippen molar-refractivity contribution in [2.24, 2.45) is 0 Å². The fraction of sp³-hybridized carbons (Fsp3) is 0.600. The van der Waals surface area contributed by atoms with E-state index in [1.54, 1.807) is 11.8 Å². The molecule has 0 bridgehead atoms. The predicted octanol–water partition coefficient (Wildman–Crippen LogP) is 0.650. The van der Waals surface area contributed by atoms with Gasteiger partial charge in [0.15, 0.2) is 5.16 Å². The van der Waals surface area contributed by atoms with Crippen LogP contribution in [0.15, 0.2) is 11.2 Å². The molecule has 1 aromatic heterocycles. The molecule has 0 spiro atoms. The van der Waals surface area contributed by atoms with E-state index in [1.807, 2.05) is 19.4 Å². The van der Waals surface area contributed by atoms with Crippen molar-refractivity contribution in [3.8, 4) is 0 Å². The van der Waals surface area contributed by atoms with Crippen molar-refractivity contribution < 1.29 is 0 Å². The van der Waals surface area contributed by atoms with Gasteiger partial charge >= 0.3 is 0 Å². The van der Waals surface area contributed by atoms with Crippen molar-refractivity contribution in [3.05, 3.63) is 6.07 Å². The van der Waals surface area contributed by atoms with Crippen molar-refractivity contribution >= 4 is 23.4 Å². The lowest BCUT2D eigenvalue weighted by atomic mass is 10.3. The summed E-state index contributed by atoms with van der Waals surface area (Å²) in [5.41, 5.74) is 0. The molecule has 5 nitrogen and oxygen atoms in total. The van der Waals surface area contributed by atoms with Crippen LogP contribution in [0.3, 0.4) is 0 Å². The van der Waals surface area contributed by atoms with Gasteiger partial charge in [-0.05, 0) is 6.26 Å². The summed E-state index contributed by atoms with van der Waals surface area (Å²) >= 11 is 1.57. The van der Waals surface area contributed by atoms with Crippen LogP contribution in [0.4, 0.5) is 11.6 Å². The summed E-state index contributed by atoms with van der Waals surface area (Å²) in [4.78, 5) is 11.2. The predicted molar refractivity (Wildman–Crippen MR) is 68.4 cm³/mol. The summed E-state index contributed by atoms with van der Waals surface area (Å²) in [6, 6.07) is 2.00. The zero-order valence-electron chi connectivity index (χ0n) is 9.66. The minimum atomic E-state index is 0.820. The summed E-state index contributed by atoms with van der Waals surface area (Å²) in [5, 5.41) is 7.23. The van der Waals surface area contributed by atoms with Crippen LogP contribution in [0.2, 0.25) is 0 Å². The Hall–Kier alpha value is -1.01. The molecule has 16 heavy (non-hydrogen) atoms. The molecule has 0 aromatic carbocycles. The molecular formula is C10H17N5S. The molecule has 1 aromatic rings. The summed E-state index contributed by atoms with van der Waals surface area (Å²) in [6.07, 6.45) is 2.00. The molecule has 2 heterocycles. The molecule has 0 atom stereocenters. The summed E-state index contributed by atoms with van der Waals surface area (Å²) in [7, 11) is 1.88. The van der Waals surface area contributed by atoms with E-state index >= 15 is 0 Å².